The molecule has 2 aromatic rings. The van der Waals surface area contributed by atoms with Crippen molar-refractivity contribution in [2.24, 2.45) is 5.92 Å². The molecule has 2 aromatic carbocycles. The van der Waals surface area contributed by atoms with Crippen LogP contribution in [0, 0.1) is 25.6 Å². The van der Waals surface area contributed by atoms with Crippen molar-refractivity contribution in [2.45, 2.75) is 39.7 Å². The number of esters is 1. The number of ether oxygens (including phenoxy) is 1. The summed E-state index contributed by atoms with van der Waals surface area (Å²) in [6.07, 6.45) is -0.0148. The maximum Gasteiger partial charge on any atom is 0.309 e. The molecule has 1 fully saturated rings. The van der Waals surface area contributed by atoms with E-state index >= 15 is 0 Å². The zero-order valence-corrected chi connectivity index (χ0v) is 18.0. The quantitative estimate of drug-likeness (QED) is 0.737. The van der Waals surface area contributed by atoms with Gasteiger partial charge in [-0.05, 0) is 69.0 Å². The number of carbonyl (C=O) groups excluding carboxylic acids is 3. The number of nitrogens with zero attached hydrogens (tertiary/aromatic N) is 1. The van der Waals surface area contributed by atoms with Crippen LogP contribution in [0.25, 0.3) is 0 Å². The van der Waals surface area contributed by atoms with Gasteiger partial charge in [-0.1, -0.05) is 18.2 Å². The first kappa shape index (κ1) is 22.5. The molecule has 1 aliphatic rings. The zero-order valence-electron chi connectivity index (χ0n) is 18.0. The molecule has 1 atom stereocenters. The maximum absolute atomic E-state index is 13.1. The van der Waals surface area contributed by atoms with Gasteiger partial charge in [-0.25, -0.2) is 4.39 Å². The molecule has 164 valence electrons. The van der Waals surface area contributed by atoms with Gasteiger partial charge in [0, 0.05) is 24.3 Å². The molecular weight excluding hydrogens is 399 g/mol. The summed E-state index contributed by atoms with van der Waals surface area (Å²) in [6.45, 7) is 6.16. The fraction of sp³-hybridized carbons (Fsp3) is 0.375. The SMILES string of the molecule is Cc1cccc(C)c1NC(=O)C(C)OC(=O)C1CCN(C(=O)c2ccc(F)cc2)CC1. The van der Waals surface area contributed by atoms with E-state index in [9.17, 15) is 18.8 Å². The molecule has 6 nitrogen and oxygen atoms in total. The molecule has 31 heavy (non-hydrogen) atoms. The Hall–Kier alpha value is -3.22. The summed E-state index contributed by atoms with van der Waals surface area (Å²) in [5.74, 6) is -1.76. The number of carbonyl (C=O) groups is 3. The van der Waals surface area contributed by atoms with Crippen molar-refractivity contribution in [1.29, 1.82) is 0 Å². The van der Waals surface area contributed by atoms with E-state index in [1.807, 2.05) is 32.0 Å². The molecule has 2 amide bonds. The van der Waals surface area contributed by atoms with E-state index < -0.39 is 17.9 Å². The van der Waals surface area contributed by atoms with Crippen LogP contribution >= 0.6 is 0 Å². The molecular formula is C24H27FN2O4. The van der Waals surface area contributed by atoms with Gasteiger partial charge in [0.15, 0.2) is 6.10 Å². The average molecular weight is 426 g/mol. The largest absolute Gasteiger partial charge is 0.452 e. The first-order valence-corrected chi connectivity index (χ1v) is 10.4. The van der Waals surface area contributed by atoms with E-state index in [0.29, 0.717) is 31.5 Å². The van der Waals surface area contributed by atoms with E-state index in [2.05, 4.69) is 5.32 Å². The number of aryl methyl sites for hydroxylation is 2. The van der Waals surface area contributed by atoms with Gasteiger partial charge in [0.25, 0.3) is 11.8 Å². The highest BCUT2D eigenvalue weighted by Gasteiger charge is 2.31. The van der Waals surface area contributed by atoms with Crippen LogP contribution in [0.4, 0.5) is 10.1 Å². The molecule has 0 spiro atoms. The number of benzene rings is 2. The number of likely N-dealkylation sites (tertiary alicyclic amines) is 1. The molecule has 1 heterocycles. The fourth-order valence-corrected chi connectivity index (χ4v) is 3.65. The summed E-state index contributed by atoms with van der Waals surface area (Å²) in [5.41, 5.74) is 3.01. The molecule has 7 heteroatoms. The van der Waals surface area contributed by atoms with Gasteiger partial charge in [0.1, 0.15) is 5.82 Å². The number of piperidine rings is 1. The number of anilines is 1. The molecule has 0 saturated carbocycles. The highest BCUT2D eigenvalue weighted by molar-refractivity contribution is 5.96. The van der Waals surface area contributed by atoms with E-state index in [1.165, 1.54) is 24.3 Å². The Bertz CT molecular complexity index is 946. The minimum Gasteiger partial charge on any atom is -0.452 e. The molecule has 0 aliphatic carbocycles. The Kier molecular flexibility index (Phi) is 7.05. The third-order valence-electron chi connectivity index (χ3n) is 5.60. The monoisotopic (exact) mass is 426 g/mol. The van der Waals surface area contributed by atoms with Crippen LogP contribution in [0.15, 0.2) is 42.5 Å². The van der Waals surface area contributed by atoms with Crippen LogP contribution in [-0.2, 0) is 14.3 Å². The van der Waals surface area contributed by atoms with Gasteiger partial charge in [-0.15, -0.1) is 0 Å². The Balaban J connectivity index is 1.50. The van der Waals surface area contributed by atoms with Gasteiger partial charge < -0.3 is 15.0 Å². The van der Waals surface area contributed by atoms with Crippen molar-refractivity contribution < 1.29 is 23.5 Å². The van der Waals surface area contributed by atoms with Crippen LogP contribution in [0.1, 0.15) is 41.3 Å². The summed E-state index contributed by atoms with van der Waals surface area (Å²) < 4.78 is 18.5. The third-order valence-corrected chi connectivity index (χ3v) is 5.60. The Morgan fingerprint density at radius 2 is 1.61 bits per heavy atom. The van der Waals surface area contributed by atoms with Gasteiger partial charge in [-0.2, -0.15) is 0 Å². The van der Waals surface area contributed by atoms with E-state index in [4.69, 9.17) is 4.74 Å². The van der Waals surface area contributed by atoms with Gasteiger partial charge in [-0.3, -0.25) is 14.4 Å². The molecule has 1 saturated heterocycles. The third kappa shape index (κ3) is 5.48. The van der Waals surface area contributed by atoms with Crippen molar-refractivity contribution in [1.82, 2.24) is 4.90 Å². The average Bonchev–Trinajstić information content (AvgIpc) is 2.76. The molecule has 1 aliphatic heterocycles. The minimum absolute atomic E-state index is 0.187. The second-order valence-electron chi connectivity index (χ2n) is 7.91. The number of amides is 2. The summed E-state index contributed by atoms with van der Waals surface area (Å²) in [7, 11) is 0. The van der Waals surface area contributed by atoms with Crippen molar-refractivity contribution in [3.8, 4) is 0 Å². The highest BCUT2D eigenvalue weighted by atomic mass is 19.1. The van der Waals surface area contributed by atoms with Crippen molar-refractivity contribution >= 4 is 23.5 Å². The lowest BCUT2D eigenvalue weighted by molar-refractivity contribution is -0.158. The zero-order chi connectivity index (χ0) is 22.5. The second-order valence-corrected chi connectivity index (χ2v) is 7.91. The van der Waals surface area contributed by atoms with Crippen molar-refractivity contribution in [3.05, 3.63) is 65.0 Å². The van der Waals surface area contributed by atoms with Gasteiger partial charge in [0.05, 0.1) is 5.92 Å². The van der Waals surface area contributed by atoms with Crippen molar-refractivity contribution in [2.75, 3.05) is 18.4 Å². The summed E-state index contributed by atoms with van der Waals surface area (Å²) in [6, 6.07) is 11.1. The lowest BCUT2D eigenvalue weighted by atomic mass is 9.96. The van der Waals surface area contributed by atoms with Crippen molar-refractivity contribution in [3.63, 3.8) is 0 Å². The fourth-order valence-electron chi connectivity index (χ4n) is 3.65. The number of halogens is 1. The Morgan fingerprint density at radius 3 is 2.19 bits per heavy atom. The Labute approximate surface area is 181 Å². The van der Waals surface area contributed by atoms with Crippen LogP contribution in [-0.4, -0.2) is 41.9 Å². The first-order valence-electron chi connectivity index (χ1n) is 10.4. The van der Waals surface area contributed by atoms with Crippen LogP contribution in [0.2, 0.25) is 0 Å². The standard InChI is InChI=1S/C24H27FN2O4/c1-15-5-4-6-16(2)21(15)26-22(28)17(3)31-24(30)19-11-13-27(14-12-19)23(29)18-7-9-20(25)10-8-18/h4-10,17,19H,11-14H2,1-3H3,(H,26,28). The van der Waals surface area contributed by atoms with E-state index in [-0.39, 0.29) is 17.7 Å². The van der Waals surface area contributed by atoms with E-state index in [0.717, 1.165) is 16.8 Å². The number of nitrogens with one attached hydrogen (secondary N) is 1. The van der Waals surface area contributed by atoms with Crippen LogP contribution < -0.4 is 5.32 Å². The lowest BCUT2D eigenvalue weighted by Gasteiger charge is -2.31. The predicted molar refractivity (Wildman–Crippen MR) is 115 cm³/mol. The van der Waals surface area contributed by atoms with Gasteiger partial charge >= 0.3 is 5.97 Å². The molecule has 0 aromatic heterocycles. The normalized spacial score (nSPS) is 15.3. The number of rotatable bonds is 5. The maximum atomic E-state index is 13.1. The topological polar surface area (TPSA) is 75.7 Å². The molecule has 0 radical (unpaired) electrons. The minimum atomic E-state index is -0.926. The first-order chi connectivity index (χ1) is 14.8. The second kappa shape index (κ2) is 9.73. The number of hydrogen-bond acceptors (Lipinski definition) is 4. The summed E-state index contributed by atoms with van der Waals surface area (Å²) >= 11 is 0. The van der Waals surface area contributed by atoms with Crippen LogP contribution in [0.5, 0.6) is 0 Å². The smallest absolute Gasteiger partial charge is 0.309 e. The molecule has 0 bridgehead atoms. The lowest BCUT2D eigenvalue weighted by Crippen LogP contribution is -2.41. The van der Waals surface area contributed by atoms with Gasteiger partial charge in [0.2, 0.25) is 0 Å². The molecule has 3 rings (SSSR count). The van der Waals surface area contributed by atoms with Crippen LogP contribution in [0.3, 0.4) is 0 Å². The molecule has 1 unspecified atom stereocenters. The number of para-hydroxylation sites is 1. The Morgan fingerprint density at radius 1 is 1.03 bits per heavy atom. The summed E-state index contributed by atoms with van der Waals surface area (Å²) in [4.78, 5) is 39.2. The predicted octanol–water partition coefficient (Wildman–Crippen LogP) is 3.87. The number of hydrogen-bond donors (Lipinski definition) is 1. The molecule has 1 N–H and O–H groups in total. The van der Waals surface area contributed by atoms with E-state index in [1.54, 1.807) is 11.8 Å². The highest BCUT2D eigenvalue weighted by Crippen LogP contribution is 2.22. The summed E-state index contributed by atoms with van der Waals surface area (Å²) in [5, 5.41) is 2.83.